The Hall–Kier alpha value is -0.580. The Morgan fingerprint density at radius 2 is 2.35 bits per heavy atom. The van der Waals surface area contributed by atoms with Gasteiger partial charge in [0.2, 0.25) is 0 Å². The Kier molecular flexibility index (Phi) is 3.76. The lowest BCUT2D eigenvalue weighted by Gasteiger charge is -2.22. The number of nitrogens with zero attached hydrogens (tertiary/aromatic N) is 2. The van der Waals surface area contributed by atoms with Crippen molar-refractivity contribution in [2.75, 3.05) is 6.61 Å². The first-order valence-corrected chi connectivity index (χ1v) is 6.43. The number of hydrogen-bond donors (Lipinski definition) is 1. The van der Waals surface area contributed by atoms with Gasteiger partial charge in [0.1, 0.15) is 5.15 Å². The van der Waals surface area contributed by atoms with Crippen molar-refractivity contribution in [2.45, 2.75) is 38.8 Å². The number of halogens is 1. The summed E-state index contributed by atoms with van der Waals surface area (Å²) in [5.41, 5.74) is 8.23. The first-order chi connectivity index (χ1) is 8.00. The molecule has 3 unspecified atom stereocenters. The Labute approximate surface area is 107 Å². The van der Waals surface area contributed by atoms with Crippen LogP contribution < -0.4 is 5.73 Å². The smallest absolute Gasteiger partial charge is 0.130 e. The minimum Gasteiger partial charge on any atom is -0.376 e. The van der Waals surface area contributed by atoms with Crippen LogP contribution in [0.1, 0.15) is 24.6 Å². The highest BCUT2D eigenvalue weighted by molar-refractivity contribution is 6.30. The highest BCUT2D eigenvalue weighted by Crippen LogP contribution is 2.26. The molecule has 1 aromatic heterocycles. The molecule has 2 N–H and O–H groups in total. The van der Waals surface area contributed by atoms with Gasteiger partial charge in [0.05, 0.1) is 11.8 Å². The topological polar surface area (TPSA) is 53.1 Å². The average molecular weight is 258 g/mol. The Morgan fingerprint density at radius 3 is 2.82 bits per heavy atom. The molecular weight excluding hydrogens is 238 g/mol. The zero-order valence-corrected chi connectivity index (χ0v) is 11.4. The van der Waals surface area contributed by atoms with E-state index < -0.39 is 0 Å². The summed E-state index contributed by atoms with van der Waals surface area (Å²) in [5, 5.41) is 4.98. The van der Waals surface area contributed by atoms with Crippen molar-refractivity contribution in [1.29, 1.82) is 0 Å². The predicted octanol–water partition coefficient (Wildman–Crippen LogP) is 1.68. The van der Waals surface area contributed by atoms with Gasteiger partial charge in [-0.05, 0) is 25.7 Å². The van der Waals surface area contributed by atoms with Crippen LogP contribution in [0.25, 0.3) is 0 Å². The van der Waals surface area contributed by atoms with Gasteiger partial charge in [-0.15, -0.1) is 0 Å². The quantitative estimate of drug-likeness (QED) is 0.896. The first kappa shape index (κ1) is 12.9. The van der Waals surface area contributed by atoms with Crippen LogP contribution in [0.5, 0.6) is 0 Å². The largest absolute Gasteiger partial charge is 0.376 e. The summed E-state index contributed by atoms with van der Waals surface area (Å²) in [6.07, 6.45) is 1.97. The van der Waals surface area contributed by atoms with Crippen LogP contribution in [0, 0.1) is 12.8 Å². The van der Waals surface area contributed by atoms with E-state index in [9.17, 15) is 0 Å². The lowest BCUT2D eigenvalue weighted by Crippen LogP contribution is -2.39. The highest BCUT2D eigenvalue weighted by atomic mass is 35.5. The predicted molar refractivity (Wildman–Crippen MR) is 68.2 cm³/mol. The number of nitrogens with two attached hydrogens (primary N) is 1. The summed E-state index contributed by atoms with van der Waals surface area (Å²) >= 11 is 6.21. The van der Waals surface area contributed by atoms with Crippen molar-refractivity contribution in [1.82, 2.24) is 9.78 Å². The van der Waals surface area contributed by atoms with Crippen LogP contribution in [0.3, 0.4) is 0 Å². The fourth-order valence-electron chi connectivity index (χ4n) is 2.52. The van der Waals surface area contributed by atoms with E-state index in [4.69, 9.17) is 22.1 Å². The third-order valence-corrected chi connectivity index (χ3v) is 4.05. The zero-order chi connectivity index (χ0) is 12.6. The van der Waals surface area contributed by atoms with Gasteiger partial charge in [-0.3, -0.25) is 4.68 Å². The van der Waals surface area contributed by atoms with Crippen LogP contribution in [0.15, 0.2) is 0 Å². The standard InChI is InChI=1S/C12H20ClN3O/c1-7-4-5-17-11(7)10(14)6-9-8(2)15-16(3)12(9)13/h7,10-11H,4-6,14H2,1-3H3. The number of hydrogen-bond acceptors (Lipinski definition) is 3. The third-order valence-electron chi connectivity index (χ3n) is 3.58. The lowest BCUT2D eigenvalue weighted by atomic mass is 9.94. The Bertz CT molecular complexity index is 405. The second kappa shape index (κ2) is 4.96. The van der Waals surface area contributed by atoms with Gasteiger partial charge in [-0.1, -0.05) is 18.5 Å². The molecule has 1 aromatic rings. The molecular formula is C12H20ClN3O. The monoisotopic (exact) mass is 257 g/mol. The van der Waals surface area contributed by atoms with Crippen molar-refractivity contribution in [3.8, 4) is 0 Å². The van der Waals surface area contributed by atoms with E-state index in [1.54, 1.807) is 4.68 Å². The van der Waals surface area contributed by atoms with E-state index in [-0.39, 0.29) is 12.1 Å². The van der Waals surface area contributed by atoms with Crippen LogP contribution >= 0.6 is 11.6 Å². The molecule has 1 saturated heterocycles. The molecule has 96 valence electrons. The van der Waals surface area contributed by atoms with Gasteiger partial charge in [-0.2, -0.15) is 5.10 Å². The molecule has 2 heterocycles. The summed E-state index contributed by atoms with van der Waals surface area (Å²) in [4.78, 5) is 0. The molecule has 2 rings (SSSR count). The molecule has 1 aliphatic rings. The molecule has 0 aliphatic carbocycles. The molecule has 0 bridgehead atoms. The van der Waals surface area contributed by atoms with Crippen molar-refractivity contribution < 1.29 is 4.74 Å². The van der Waals surface area contributed by atoms with Crippen molar-refractivity contribution in [3.63, 3.8) is 0 Å². The van der Waals surface area contributed by atoms with E-state index in [0.29, 0.717) is 11.1 Å². The molecule has 0 amide bonds. The van der Waals surface area contributed by atoms with Gasteiger partial charge < -0.3 is 10.5 Å². The van der Waals surface area contributed by atoms with Gasteiger partial charge in [0.15, 0.2) is 0 Å². The minimum atomic E-state index is -0.00657. The van der Waals surface area contributed by atoms with E-state index >= 15 is 0 Å². The summed E-state index contributed by atoms with van der Waals surface area (Å²) in [5.74, 6) is 0.528. The fourth-order valence-corrected chi connectivity index (χ4v) is 2.77. The maximum absolute atomic E-state index is 6.23. The first-order valence-electron chi connectivity index (χ1n) is 6.06. The van der Waals surface area contributed by atoms with E-state index in [2.05, 4.69) is 12.0 Å². The molecule has 0 saturated carbocycles. The third kappa shape index (κ3) is 2.49. The number of ether oxygens (including phenoxy) is 1. The van der Waals surface area contributed by atoms with E-state index in [1.165, 1.54) is 0 Å². The zero-order valence-electron chi connectivity index (χ0n) is 10.6. The molecule has 3 atom stereocenters. The Morgan fingerprint density at radius 1 is 1.65 bits per heavy atom. The van der Waals surface area contributed by atoms with Gasteiger partial charge >= 0.3 is 0 Å². The second-order valence-electron chi connectivity index (χ2n) is 4.95. The summed E-state index contributed by atoms with van der Waals surface area (Å²) in [7, 11) is 1.85. The molecule has 0 spiro atoms. The highest BCUT2D eigenvalue weighted by Gasteiger charge is 2.31. The summed E-state index contributed by atoms with van der Waals surface area (Å²) < 4.78 is 7.38. The summed E-state index contributed by atoms with van der Waals surface area (Å²) in [6.45, 7) is 4.97. The normalized spacial score (nSPS) is 26.4. The number of aryl methyl sites for hydroxylation is 2. The Balaban J connectivity index is 2.10. The maximum Gasteiger partial charge on any atom is 0.130 e. The van der Waals surface area contributed by atoms with Crippen LogP contribution in [0.2, 0.25) is 5.15 Å². The average Bonchev–Trinajstić information content (AvgIpc) is 2.78. The molecule has 0 aromatic carbocycles. The minimum absolute atomic E-state index is 0.00657. The molecule has 4 nitrogen and oxygen atoms in total. The van der Waals surface area contributed by atoms with Gasteiger partial charge in [0.25, 0.3) is 0 Å². The van der Waals surface area contributed by atoms with Crippen LogP contribution in [-0.4, -0.2) is 28.5 Å². The van der Waals surface area contributed by atoms with Gasteiger partial charge in [0, 0.05) is 25.3 Å². The summed E-state index contributed by atoms with van der Waals surface area (Å²) in [6, 6.07) is -0.00657. The van der Waals surface area contributed by atoms with E-state index in [1.807, 2.05) is 14.0 Å². The number of aromatic nitrogens is 2. The van der Waals surface area contributed by atoms with Crippen LogP contribution in [-0.2, 0) is 18.2 Å². The van der Waals surface area contributed by atoms with Crippen molar-refractivity contribution in [2.24, 2.45) is 18.7 Å². The molecule has 1 fully saturated rings. The molecule has 17 heavy (non-hydrogen) atoms. The molecule has 1 aliphatic heterocycles. The number of rotatable bonds is 3. The molecule has 5 heteroatoms. The second-order valence-corrected chi connectivity index (χ2v) is 5.31. The van der Waals surface area contributed by atoms with Crippen LogP contribution in [0.4, 0.5) is 0 Å². The van der Waals surface area contributed by atoms with Gasteiger partial charge in [-0.25, -0.2) is 0 Å². The molecule has 0 radical (unpaired) electrons. The van der Waals surface area contributed by atoms with E-state index in [0.717, 1.165) is 30.7 Å². The lowest BCUT2D eigenvalue weighted by molar-refractivity contribution is 0.0726. The van der Waals surface area contributed by atoms with Crippen molar-refractivity contribution in [3.05, 3.63) is 16.4 Å². The maximum atomic E-state index is 6.23. The van der Waals surface area contributed by atoms with Crippen molar-refractivity contribution >= 4 is 11.6 Å². The SMILES string of the molecule is Cc1nn(C)c(Cl)c1CC(N)C1OCCC1C. The fraction of sp³-hybridized carbons (Fsp3) is 0.750.